The molecule has 0 aliphatic rings. The first kappa shape index (κ1) is 17.7. The van der Waals surface area contributed by atoms with Crippen molar-refractivity contribution in [3.8, 4) is 5.75 Å². The number of halogens is 1. The topological polar surface area (TPSA) is 64.9 Å². The Balaban J connectivity index is 0.00000220. The van der Waals surface area contributed by atoms with Crippen molar-refractivity contribution in [1.29, 1.82) is 0 Å². The van der Waals surface area contributed by atoms with Crippen molar-refractivity contribution >= 4 is 11.8 Å². The molecule has 1 N–H and O–H groups in total. The number of rotatable bonds is 8. The maximum atomic E-state index is 5.48. The minimum atomic E-state index is 0. The van der Waals surface area contributed by atoms with Crippen LogP contribution in [0, 0.1) is 0 Å². The van der Waals surface area contributed by atoms with Crippen LogP contribution in [0.5, 0.6) is 5.75 Å². The Labute approximate surface area is 135 Å². The zero-order valence-electron chi connectivity index (χ0n) is 12.1. The van der Waals surface area contributed by atoms with Crippen molar-refractivity contribution in [3.63, 3.8) is 0 Å². The van der Waals surface area contributed by atoms with Gasteiger partial charge in [0.15, 0.2) is 0 Å². The van der Waals surface area contributed by atoms with Gasteiger partial charge in [0.2, 0.25) is 5.16 Å². The van der Waals surface area contributed by atoms with Gasteiger partial charge < -0.3 is 22.5 Å². The van der Waals surface area contributed by atoms with E-state index in [9.17, 15) is 0 Å². The first-order chi connectivity index (χ1) is 9.79. The van der Waals surface area contributed by atoms with E-state index in [0.717, 1.165) is 29.7 Å². The Kier molecular flexibility index (Phi) is 8.11. The molecule has 0 spiro atoms. The third-order valence-corrected chi connectivity index (χ3v) is 3.64. The molecule has 2 aromatic rings. The molecule has 8 heteroatoms. The van der Waals surface area contributed by atoms with Gasteiger partial charge in [-0.3, -0.25) is 0 Å². The normalized spacial score (nSPS) is 10.2. The van der Waals surface area contributed by atoms with Gasteiger partial charge in [0.25, 0.3) is 0 Å². The molecule has 0 fully saturated rings. The predicted molar refractivity (Wildman–Crippen MR) is 78.8 cm³/mol. The number of thioether (sulfide) groups is 1. The third-order valence-electron chi connectivity index (χ3n) is 2.63. The van der Waals surface area contributed by atoms with Crippen LogP contribution in [0.2, 0.25) is 0 Å². The lowest BCUT2D eigenvalue weighted by Crippen LogP contribution is -3.00. The van der Waals surface area contributed by atoms with Gasteiger partial charge in [0, 0.05) is 25.9 Å². The molecule has 0 atom stereocenters. The second-order valence-corrected chi connectivity index (χ2v) is 5.25. The summed E-state index contributed by atoms with van der Waals surface area (Å²) in [6.45, 7) is 4.41. The summed E-state index contributed by atoms with van der Waals surface area (Å²) >= 11 is 1.64. The van der Waals surface area contributed by atoms with E-state index >= 15 is 0 Å². The highest BCUT2D eigenvalue weighted by Gasteiger charge is 2.02. The zero-order valence-corrected chi connectivity index (χ0v) is 13.7. The summed E-state index contributed by atoms with van der Waals surface area (Å²) in [5.74, 6) is 1.85. The fourth-order valence-corrected chi connectivity index (χ4v) is 2.45. The van der Waals surface area contributed by atoms with E-state index in [1.165, 1.54) is 5.56 Å². The molecule has 1 aromatic heterocycles. The summed E-state index contributed by atoms with van der Waals surface area (Å²) in [4.78, 5) is 0. The van der Waals surface area contributed by atoms with Gasteiger partial charge in [-0.25, -0.2) is 4.68 Å². The molecule has 0 amide bonds. The lowest BCUT2D eigenvalue weighted by Gasteiger charge is -2.07. The first-order valence-electron chi connectivity index (χ1n) is 6.57. The summed E-state index contributed by atoms with van der Waals surface area (Å²) in [6.07, 6.45) is 0. The molecule has 21 heavy (non-hydrogen) atoms. The molecule has 6 nitrogen and oxygen atoms in total. The SMILES string of the molecule is CCOc1cccc(CNCCSc2nnnn2C)c1.[Cl-]. The van der Waals surface area contributed by atoms with E-state index in [1.807, 2.05) is 26.1 Å². The van der Waals surface area contributed by atoms with Crippen LogP contribution >= 0.6 is 11.8 Å². The largest absolute Gasteiger partial charge is 1.00 e. The van der Waals surface area contributed by atoms with Crippen LogP contribution in [0.3, 0.4) is 0 Å². The molecule has 0 saturated carbocycles. The summed E-state index contributed by atoms with van der Waals surface area (Å²) in [7, 11) is 1.84. The average Bonchev–Trinajstić information content (AvgIpc) is 2.85. The Bertz CT molecular complexity index is 537. The number of aryl methyl sites for hydroxylation is 1. The number of nitrogens with one attached hydrogen (secondary N) is 1. The van der Waals surface area contributed by atoms with Crippen molar-refractivity contribution in [2.45, 2.75) is 18.6 Å². The number of nitrogens with zero attached hydrogens (tertiary/aromatic N) is 4. The van der Waals surface area contributed by atoms with Crippen molar-refractivity contribution in [2.24, 2.45) is 7.05 Å². The van der Waals surface area contributed by atoms with Crippen LogP contribution in [0.25, 0.3) is 0 Å². The number of ether oxygens (including phenoxy) is 1. The van der Waals surface area contributed by atoms with Crippen LogP contribution < -0.4 is 22.5 Å². The first-order valence-corrected chi connectivity index (χ1v) is 7.55. The maximum Gasteiger partial charge on any atom is 0.209 e. The van der Waals surface area contributed by atoms with Gasteiger partial charge in [-0.1, -0.05) is 23.9 Å². The Morgan fingerprint density at radius 2 is 2.24 bits per heavy atom. The van der Waals surface area contributed by atoms with Crippen LogP contribution in [0.15, 0.2) is 29.4 Å². The quantitative estimate of drug-likeness (QED) is 0.470. The Morgan fingerprint density at radius 1 is 1.38 bits per heavy atom. The lowest BCUT2D eigenvalue weighted by atomic mass is 10.2. The predicted octanol–water partition coefficient (Wildman–Crippen LogP) is -1.51. The van der Waals surface area contributed by atoms with Gasteiger partial charge in [-0.15, -0.1) is 5.10 Å². The smallest absolute Gasteiger partial charge is 0.209 e. The fourth-order valence-electron chi connectivity index (χ4n) is 1.70. The number of hydrogen-bond donors (Lipinski definition) is 1. The van der Waals surface area contributed by atoms with Crippen LogP contribution in [-0.4, -0.2) is 39.1 Å². The highest BCUT2D eigenvalue weighted by atomic mass is 35.5. The summed E-state index contributed by atoms with van der Waals surface area (Å²) in [5.41, 5.74) is 1.22. The second-order valence-electron chi connectivity index (χ2n) is 4.19. The molecule has 0 saturated heterocycles. The fraction of sp³-hybridized carbons (Fsp3) is 0.462. The Hall–Kier alpha value is -1.31. The molecule has 0 unspecified atom stereocenters. The molecule has 116 valence electrons. The van der Waals surface area contributed by atoms with E-state index in [0.29, 0.717) is 6.61 Å². The van der Waals surface area contributed by atoms with E-state index in [-0.39, 0.29) is 12.4 Å². The molecule has 0 aliphatic carbocycles. The molecule has 0 radical (unpaired) electrons. The van der Waals surface area contributed by atoms with Crippen molar-refractivity contribution in [2.75, 3.05) is 18.9 Å². The lowest BCUT2D eigenvalue weighted by molar-refractivity contribution is -0.00000496. The Morgan fingerprint density at radius 3 is 2.95 bits per heavy atom. The summed E-state index contributed by atoms with van der Waals surface area (Å²) in [6, 6.07) is 8.15. The average molecular weight is 329 g/mol. The minimum absolute atomic E-state index is 0. The van der Waals surface area contributed by atoms with Crippen LogP contribution in [0.1, 0.15) is 12.5 Å². The van der Waals surface area contributed by atoms with Crippen molar-refractivity contribution < 1.29 is 17.1 Å². The highest BCUT2D eigenvalue weighted by molar-refractivity contribution is 7.99. The second kappa shape index (κ2) is 9.59. The van der Waals surface area contributed by atoms with Crippen molar-refractivity contribution in [1.82, 2.24) is 25.5 Å². The number of tetrazole rings is 1. The minimum Gasteiger partial charge on any atom is -1.00 e. The van der Waals surface area contributed by atoms with Crippen LogP contribution in [0.4, 0.5) is 0 Å². The zero-order chi connectivity index (χ0) is 14.2. The molecular formula is C13H19ClN5OS-. The van der Waals surface area contributed by atoms with Gasteiger partial charge in [0.1, 0.15) is 5.75 Å². The number of benzene rings is 1. The summed E-state index contributed by atoms with van der Waals surface area (Å²) < 4.78 is 7.16. The van der Waals surface area contributed by atoms with E-state index < -0.39 is 0 Å². The highest BCUT2D eigenvalue weighted by Crippen LogP contribution is 2.13. The van der Waals surface area contributed by atoms with Crippen LogP contribution in [-0.2, 0) is 13.6 Å². The molecule has 1 aromatic carbocycles. The molecule has 0 aliphatic heterocycles. The molecule has 2 rings (SSSR count). The summed E-state index contributed by atoms with van der Waals surface area (Å²) in [5, 5.41) is 15.6. The molecule has 1 heterocycles. The van der Waals surface area contributed by atoms with E-state index in [2.05, 4.69) is 33.0 Å². The number of hydrogen-bond acceptors (Lipinski definition) is 6. The standard InChI is InChI=1S/C13H19N5OS.ClH/c1-3-19-12-6-4-5-11(9-12)10-14-7-8-20-13-15-16-17-18(13)2;/h4-6,9,14H,3,7-8,10H2,1-2H3;1H/p-1. The van der Waals surface area contributed by atoms with Gasteiger partial charge >= 0.3 is 0 Å². The third kappa shape index (κ3) is 5.91. The van der Waals surface area contributed by atoms with Gasteiger partial charge in [-0.05, 0) is 35.0 Å². The monoisotopic (exact) mass is 328 g/mol. The van der Waals surface area contributed by atoms with Gasteiger partial charge in [0.05, 0.1) is 6.61 Å². The number of aromatic nitrogens is 4. The molecule has 0 bridgehead atoms. The molecular weight excluding hydrogens is 310 g/mol. The van der Waals surface area contributed by atoms with E-state index in [1.54, 1.807) is 16.4 Å². The van der Waals surface area contributed by atoms with Crippen molar-refractivity contribution in [3.05, 3.63) is 29.8 Å². The van der Waals surface area contributed by atoms with E-state index in [4.69, 9.17) is 4.74 Å². The van der Waals surface area contributed by atoms with Gasteiger partial charge in [-0.2, -0.15) is 0 Å². The maximum absolute atomic E-state index is 5.48.